The quantitative estimate of drug-likeness (QED) is 0.551. The number of hydrogen-bond acceptors (Lipinski definition) is 4. The number of anilines is 2. The predicted octanol–water partition coefficient (Wildman–Crippen LogP) is 5.33. The lowest BCUT2D eigenvalue weighted by Crippen LogP contribution is -2.28. The number of hydrogen-bond donors (Lipinski definition) is 1. The van der Waals surface area contributed by atoms with Crippen molar-refractivity contribution in [3.8, 4) is 0 Å². The average molecular weight is 435 g/mol. The second-order valence-electron chi connectivity index (χ2n) is 7.49. The van der Waals surface area contributed by atoms with Crippen LogP contribution in [0.4, 0.5) is 11.4 Å². The van der Waals surface area contributed by atoms with E-state index in [0.717, 1.165) is 31.5 Å². The van der Waals surface area contributed by atoms with Gasteiger partial charge >= 0.3 is 5.97 Å². The van der Waals surface area contributed by atoms with Gasteiger partial charge < -0.3 is 15.0 Å². The zero-order valence-corrected chi connectivity index (χ0v) is 18.0. The van der Waals surface area contributed by atoms with E-state index in [1.807, 2.05) is 12.1 Å². The van der Waals surface area contributed by atoms with Crippen molar-refractivity contribution in [3.05, 3.63) is 94.0 Å². The molecule has 1 N–H and O–H groups in total. The van der Waals surface area contributed by atoms with Gasteiger partial charge in [-0.1, -0.05) is 41.9 Å². The Morgan fingerprint density at radius 1 is 1.03 bits per heavy atom. The third-order valence-corrected chi connectivity index (χ3v) is 5.76. The van der Waals surface area contributed by atoms with Crippen LogP contribution in [0.25, 0.3) is 0 Å². The minimum atomic E-state index is -0.490. The first kappa shape index (κ1) is 20.9. The molecule has 1 aliphatic heterocycles. The summed E-state index contributed by atoms with van der Waals surface area (Å²) in [6, 6.07) is 20.7. The van der Waals surface area contributed by atoms with Crippen LogP contribution >= 0.6 is 11.6 Å². The number of methoxy groups -OCH3 is 1. The molecule has 0 fully saturated rings. The van der Waals surface area contributed by atoms with Crippen LogP contribution in [0.3, 0.4) is 0 Å². The zero-order chi connectivity index (χ0) is 21.8. The Labute approximate surface area is 186 Å². The molecule has 0 saturated carbocycles. The lowest BCUT2D eigenvalue weighted by molar-refractivity contribution is 0.0600. The minimum Gasteiger partial charge on any atom is -0.465 e. The van der Waals surface area contributed by atoms with Crippen LogP contribution in [0, 0.1) is 0 Å². The van der Waals surface area contributed by atoms with Gasteiger partial charge in [-0.2, -0.15) is 0 Å². The topological polar surface area (TPSA) is 58.6 Å². The summed E-state index contributed by atoms with van der Waals surface area (Å²) >= 11 is 6.18. The number of amides is 1. The SMILES string of the molecule is COC(=O)c1ccc(Cl)c(NC(=O)c2ccc(CN3CCCc4ccccc43)cc2)c1. The fourth-order valence-corrected chi connectivity index (χ4v) is 3.98. The van der Waals surface area contributed by atoms with Crippen molar-refractivity contribution in [1.82, 2.24) is 0 Å². The molecule has 0 bridgehead atoms. The lowest BCUT2D eigenvalue weighted by Gasteiger charge is -2.31. The Morgan fingerprint density at radius 3 is 2.55 bits per heavy atom. The van der Waals surface area contributed by atoms with Crippen LogP contribution in [-0.2, 0) is 17.7 Å². The summed E-state index contributed by atoms with van der Waals surface area (Å²) < 4.78 is 4.72. The lowest BCUT2D eigenvalue weighted by atomic mass is 10.0. The molecule has 0 saturated heterocycles. The first-order chi connectivity index (χ1) is 15.0. The normalized spacial score (nSPS) is 12.8. The van der Waals surface area contributed by atoms with Crippen molar-refractivity contribution in [3.63, 3.8) is 0 Å². The van der Waals surface area contributed by atoms with E-state index in [-0.39, 0.29) is 5.91 Å². The third kappa shape index (κ3) is 4.72. The molecule has 1 heterocycles. The molecule has 0 atom stereocenters. The highest BCUT2D eigenvalue weighted by Crippen LogP contribution is 2.28. The van der Waals surface area contributed by atoms with E-state index in [9.17, 15) is 9.59 Å². The molecule has 3 aromatic carbocycles. The molecule has 0 aliphatic carbocycles. The Hall–Kier alpha value is -3.31. The number of ether oxygens (including phenoxy) is 1. The highest BCUT2D eigenvalue weighted by atomic mass is 35.5. The molecule has 1 amide bonds. The number of nitrogens with zero attached hydrogens (tertiary/aromatic N) is 1. The number of aryl methyl sites for hydroxylation is 1. The van der Waals surface area contributed by atoms with E-state index < -0.39 is 5.97 Å². The number of esters is 1. The minimum absolute atomic E-state index is 0.293. The fourth-order valence-electron chi connectivity index (χ4n) is 3.82. The smallest absolute Gasteiger partial charge is 0.337 e. The molecule has 3 aromatic rings. The van der Waals surface area contributed by atoms with Gasteiger partial charge in [-0.15, -0.1) is 0 Å². The van der Waals surface area contributed by atoms with Crippen LogP contribution in [0.2, 0.25) is 5.02 Å². The number of halogens is 1. The number of para-hydroxylation sites is 1. The van der Waals surface area contributed by atoms with Gasteiger partial charge in [0.2, 0.25) is 0 Å². The standard InChI is InChI=1S/C25H23ClN2O3/c1-31-25(30)20-12-13-21(26)22(15-20)27-24(29)19-10-8-17(9-11-19)16-28-14-4-6-18-5-2-3-7-23(18)28/h2-3,5,7-13,15H,4,6,14,16H2,1H3,(H,27,29). The van der Waals surface area contributed by atoms with E-state index in [1.165, 1.54) is 24.4 Å². The first-order valence-electron chi connectivity index (χ1n) is 10.2. The van der Waals surface area contributed by atoms with Crippen LogP contribution in [0.5, 0.6) is 0 Å². The molecule has 31 heavy (non-hydrogen) atoms. The predicted molar refractivity (Wildman–Crippen MR) is 123 cm³/mol. The maximum absolute atomic E-state index is 12.7. The second kappa shape index (κ2) is 9.23. The highest BCUT2D eigenvalue weighted by molar-refractivity contribution is 6.34. The van der Waals surface area contributed by atoms with E-state index in [1.54, 1.807) is 24.3 Å². The van der Waals surface area contributed by atoms with Crippen LogP contribution in [0.1, 0.15) is 38.3 Å². The summed E-state index contributed by atoms with van der Waals surface area (Å²) in [4.78, 5) is 26.8. The monoisotopic (exact) mass is 434 g/mol. The van der Waals surface area contributed by atoms with E-state index >= 15 is 0 Å². The van der Waals surface area contributed by atoms with Crippen molar-refractivity contribution in [2.45, 2.75) is 19.4 Å². The number of carbonyl (C=O) groups excluding carboxylic acids is 2. The number of nitrogens with one attached hydrogen (secondary N) is 1. The van der Waals surface area contributed by atoms with Crippen molar-refractivity contribution in [1.29, 1.82) is 0 Å². The summed E-state index contributed by atoms with van der Waals surface area (Å²) in [6.45, 7) is 1.82. The van der Waals surface area contributed by atoms with E-state index in [0.29, 0.717) is 21.8 Å². The summed E-state index contributed by atoms with van der Waals surface area (Å²) in [5.74, 6) is -0.783. The summed E-state index contributed by atoms with van der Waals surface area (Å²) in [5, 5.41) is 3.12. The molecule has 4 rings (SSSR count). The molecule has 1 aliphatic rings. The molecule has 6 heteroatoms. The summed E-state index contributed by atoms with van der Waals surface area (Å²) in [5.41, 5.74) is 5.01. The number of carbonyl (C=O) groups is 2. The van der Waals surface area contributed by atoms with Crippen molar-refractivity contribution in [2.75, 3.05) is 23.9 Å². The number of rotatable bonds is 5. The highest BCUT2D eigenvalue weighted by Gasteiger charge is 2.17. The van der Waals surface area contributed by atoms with E-state index in [4.69, 9.17) is 16.3 Å². The summed E-state index contributed by atoms with van der Waals surface area (Å²) in [6.07, 6.45) is 2.26. The molecule has 5 nitrogen and oxygen atoms in total. The fraction of sp³-hybridized carbons (Fsp3) is 0.200. The molecule has 0 radical (unpaired) electrons. The van der Waals surface area contributed by atoms with Gasteiger partial charge in [0.25, 0.3) is 5.91 Å². The van der Waals surface area contributed by atoms with Gasteiger partial charge in [-0.05, 0) is 60.4 Å². The second-order valence-corrected chi connectivity index (χ2v) is 7.90. The number of fused-ring (bicyclic) bond motifs is 1. The summed E-state index contributed by atoms with van der Waals surface area (Å²) in [7, 11) is 1.30. The van der Waals surface area contributed by atoms with Gasteiger partial charge in [0.15, 0.2) is 0 Å². The Bertz CT molecular complexity index is 1110. The first-order valence-corrected chi connectivity index (χ1v) is 10.5. The third-order valence-electron chi connectivity index (χ3n) is 5.43. The van der Waals surface area contributed by atoms with Crippen LogP contribution in [0.15, 0.2) is 66.7 Å². The molecule has 0 aromatic heterocycles. The van der Waals surface area contributed by atoms with Gasteiger partial charge in [-0.25, -0.2) is 4.79 Å². The molecular weight excluding hydrogens is 412 g/mol. The van der Waals surface area contributed by atoms with Crippen molar-refractivity contribution >= 4 is 34.9 Å². The van der Waals surface area contributed by atoms with Gasteiger partial charge in [-0.3, -0.25) is 4.79 Å². The van der Waals surface area contributed by atoms with Crippen molar-refractivity contribution < 1.29 is 14.3 Å². The largest absolute Gasteiger partial charge is 0.465 e. The molecular formula is C25H23ClN2O3. The molecule has 0 spiro atoms. The van der Waals surface area contributed by atoms with Crippen molar-refractivity contribution in [2.24, 2.45) is 0 Å². The van der Waals surface area contributed by atoms with Gasteiger partial charge in [0.05, 0.1) is 23.4 Å². The van der Waals surface area contributed by atoms with E-state index in [2.05, 4.69) is 34.5 Å². The van der Waals surface area contributed by atoms with Crippen LogP contribution < -0.4 is 10.2 Å². The molecule has 0 unspecified atom stereocenters. The zero-order valence-electron chi connectivity index (χ0n) is 17.2. The van der Waals surface area contributed by atoms with Gasteiger partial charge in [0, 0.05) is 24.3 Å². The molecule has 158 valence electrons. The Morgan fingerprint density at radius 2 is 1.77 bits per heavy atom. The number of benzene rings is 3. The average Bonchev–Trinajstić information content (AvgIpc) is 2.80. The maximum atomic E-state index is 12.7. The maximum Gasteiger partial charge on any atom is 0.337 e. The Balaban J connectivity index is 1.45. The van der Waals surface area contributed by atoms with Gasteiger partial charge in [0.1, 0.15) is 0 Å². The Kier molecular flexibility index (Phi) is 6.23. The van der Waals surface area contributed by atoms with Crippen LogP contribution in [-0.4, -0.2) is 25.5 Å².